The smallest absolute Gasteiger partial charge is 0.244 e. The molecule has 0 aliphatic heterocycles. The fourth-order valence-electron chi connectivity index (χ4n) is 2.34. The fraction of sp³-hybridized carbons (Fsp3) is 0.545. The number of hydrogen-bond donors (Lipinski definition) is 3. The lowest BCUT2D eigenvalue weighted by atomic mass is 10.3. The first-order valence-electron chi connectivity index (χ1n) is 6.15. The van der Waals surface area contributed by atoms with Crippen LogP contribution in [0.15, 0.2) is 21.6 Å². The highest BCUT2D eigenvalue weighted by molar-refractivity contribution is 9.10. The first kappa shape index (κ1) is 16.0. The van der Waals surface area contributed by atoms with E-state index in [0.717, 1.165) is 19.3 Å². The number of nitrogens with zero attached hydrogens (tertiary/aromatic N) is 1. The third-order valence-electron chi connectivity index (χ3n) is 3.31. The Morgan fingerprint density at radius 1 is 1.50 bits per heavy atom. The van der Waals surface area contributed by atoms with Crippen molar-refractivity contribution in [2.75, 3.05) is 11.7 Å². The Balaban J connectivity index is 2.28. The average molecular weight is 381 g/mol. The molecule has 4 N–H and O–H groups in total. The van der Waals surface area contributed by atoms with Gasteiger partial charge in [0.1, 0.15) is 4.90 Å². The van der Waals surface area contributed by atoms with Gasteiger partial charge in [-0.15, -0.1) is 0 Å². The maximum atomic E-state index is 12.5. The number of rotatable bonds is 5. The van der Waals surface area contributed by atoms with Gasteiger partial charge in [0.15, 0.2) is 5.82 Å². The minimum absolute atomic E-state index is 0.0420. The van der Waals surface area contributed by atoms with Crippen molar-refractivity contribution in [1.29, 1.82) is 0 Å². The molecule has 1 aliphatic carbocycles. The molecule has 1 fully saturated rings. The predicted octanol–water partition coefficient (Wildman–Crippen LogP) is 1.69. The van der Waals surface area contributed by atoms with Crippen LogP contribution in [-0.4, -0.2) is 30.9 Å². The van der Waals surface area contributed by atoms with Crippen molar-refractivity contribution < 1.29 is 8.42 Å². The highest BCUT2D eigenvalue weighted by atomic mass is 79.9. The Morgan fingerprint density at radius 2 is 2.25 bits per heavy atom. The van der Waals surface area contributed by atoms with Gasteiger partial charge in [-0.3, -0.25) is 0 Å². The Bertz CT molecular complexity index is 582. The molecule has 0 amide bonds. The van der Waals surface area contributed by atoms with Gasteiger partial charge < -0.3 is 5.43 Å². The van der Waals surface area contributed by atoms with Crippen molar-refractivity contribution in [3.63, 3.8) is 0 Å². The van der Waals surface area contributed by atoms with Crippen LogP contribution in [0, 0.1) is 0 Å². The molecule has 0 aromatic carbocycles. The van der Waals surface area contributed by atoms with Crippen LogP contribution >= 0.6 is 27.7 Å². The molecule has 2 unspecified atom stereocenters. The minimum Gasteiger partial charge on any atom is -0.307 e. The van der Waals surface area contributed by atoms with Crippen molar-refractivity contribution in [2.45, 2.75) is 35.4 Å². The van der Waals surface area contributed by atoms with Crippen molar-refractivity contribution in [2.24, 2.45) is 5.84 Å². The van der Waals surface area contributed by atoms with Gasteiger partial charge in [-0.25, -0.2) is 24.0 Å². The number of hydrogen-bond acceptors (Lipinski definition) is 6. The summed E-state index contributed by atoms with van der Waals surface area (Å²) in [4.78, 5) is 4.03. The van der Waals surface area contributed by atoms with Gasteiger partial charge in [-0.1, -0.05) is 6.42 Å². The van der Waals surface area contributed by atoms with E-state index in [4.69, 9.17) is 5.84 Å². The van der Waals surface area contributed by atoms with Crippen molar-refractivity contribution in [3.8, 4) is 0 Å². The highest BCUT2D eigenvalue weighted by Gasteiger charge is 2.32. The number of anilines is 1. The third kappa shape index (κ3) is 3.45. The molecule has 1 heterocycles. The van der Waals surface area contributed by atoms with Gasteiger partial charge in [0.2, 0.25) is 10.0 Å². The molecule has 2 rings (SSSR count). The largest absolute Gasteiger partial charge is 0.307 e. The normalized spacial score (nSPS) is 22.9. The summed E-state index contributed by atoms with van der Waals surface area (Å²) < 4.78 is 28.4. The van der Waals surface area contributed by atoms with E-state index in [1.807, 2.05) is 6.26 Å². The molecule has 0 saturated heterocycles. The van der Waals surface area contributed by atoms with Gasteiger partial charge >= 0.3 is 0 Å². The van der Waals surface area contributed by atoms with Crippen LogP contribution in [0.25, 0.3) is 0 Å². The number of pyridine rings is 1. The number of thioether (sulfide) groups is 1. The number of nitrogens with one attached hydrogen (secondary N) is 2. The zero-order chi connectivity index (χ0) is 14.8. The maximum absolute atomic E-state index is 12.5. The maximum Gasteiger partial charge on any atom is 0.244 e. The van der Waals surface area contributed by atoms with Crippen LogP contribution in [0.2, 0.25) is 0 Å². The van der Waals surface area contributed by atoms with Gasteiger partial charge in [0, 0.05) is 22.0 Å². The lowest BCUT2D eigenvalue weighted by Crippen LogP contribution is -2.39. The molecule has 1 saturated carbocycles. The zero-order valence-corrected chi connectivity index (χ0v) is 14.2. The standard InChI is InChI=1S/C11H17BrN4O2S2/c1-19-9-4-2-3-8(9)16-20(17,18)10-5-7(12)6-14-11(10)15-13/h5-6,8-9,16H,2-4,13H2,1H3,(H,14,15). The summed E-state index contributed by atoms with van der Waals surface area (Å²) in [6, 6.07) is 1.45. The SMILES string of the molecule is CSC1CCCC1NS(=O)(=O)c1cc(Br)cnc1NN. The number of sulfonamides is 1. The van der Waals surface area contributed by atoms with E-state index < -0.39 is 10.0 Å². The monoisotopic (exact) mass is 380 g/mol. The van der Waals surface area contributed by atoms with Crippen molar-refractivity contribution in [3.05, 3.63) is 16.7 Å². The van der Waals surface area contributed by atoms with E-state index in [1.54, 1.807) is 11.8 Å². The number of nitrogens with two attached hydrogens (primary N) is 1. The summed E-state index contributed by atoms with van der Waals surface area (Å²) in [5.74, 6) is 5.47. The number of hydrazine groups is 1. The number of halogens is 1. The second kappa shape index (κ2) is 6.61. The summed E-state index contributed by atoms with van der Waals surface area (Å²) in [5, 5.41) is 0.319. The molecule has 1 aromatic rings. The molecular weight excluding hydrogens is 364 g/mol. The van der Waals surface area contributed by atoms with Crippen LogP contribution in [-0.2, 0) is 10.0 Å². The van der Waals surface area contributed by atoms with Crippen LogP contribution in [0.3, 0.4) is 0 Å². The van der Waals surface area contributed by atoms with Gasteiger partial charge in [-0.2, -0.15) is 11.8 Å². The highest BCUT2D eigenvalue weighted by Crippen LogP contribution is 2.30. The lowest BCUT2D eigenvalue weighted by molar-refractivity contribution is 0.555. The first-order chi connectivity index (χ1) is 9.47. The predicted molar refractivity (Wildman–Crippen MR) is 85.0 cm³/mol. The Hall–Kier alpha value is -0.350. The molecule has 1 aliphatic rings. The molecule has 2 atom stereocenters. The summed E-state index contributed by atoms with van der Waals surface area (Å²) in [5.41, 5.74) is 2.32. The number of nitrogen functional groups attached to an aromatic ring is 1. The van der Waals surface area contributed by atoms with E-state index in [1.165, 1.54) is 12.3 Å². The molecule has 6 nitrogen and oxygen atoms in total. The molecule has 1 aromatic heterocycles. The topological polar surface area (TPSA) is 97.1 Å². The third-order valence-corrected chi connectivity index (χ3v) is 6.41. The molecule has 112 valence electrons. The Morgan fingerprint density at radius 3 is 2.90 bits per heavy atom. The summed E-state index contributed by atoms with van der Waals surface area (Å²) in [6.07, 6.45) is 6.43. The molecule has 0 bridgehead atoms. The Labute approximate surface area is 131 Å². The summed E-state index contributed by atoms with van der Waals surface area (Å²) >= 11 is 4.93. The second-order valence-corrected chi connectivity index (χ2v) is 8.25. The van der Waals surface area contributed by atoms with Gasteiger partial charge in [-0.05, 0) is 41.1 Å². The molecule has 9 heteroatoms. The second-order valence-electron chi connectivity index (χ2n) is 4.58. The van der Waals surface area contributed by atoms with Crippen LogP contribution in [0.4, 0.5) is 5.82 Å². The Kier molecular flexibility index (Phi) is 5.30. The van der Waals surface area contributed by atoms with Crippen LogP contribution in [0.1, 0.15) is 19.3 Å². The molecule has 20 heavy (non-hydrogen) atoms. The summed E-state index contributed by atoms with van der Waals surface area (Å²) in [6.45, 7) is 0. The zero-order valence-electron chi connectivity index (χ0n) is 11.0. The van der Waals surface area contributed by atoms with E-state index >= 15 is 0 Å². The molecule has 0 radical (unpaired) electrons. The minimum atomic E-state index is -3.65. The quantitative estimate of drug-likeness (QED) is 0.531. The lowest BCUT2D eigenvalue weighted by Gasteiger charge is -2.20. The van der Waals surface area contributed by atoms with E-state index in [0.29, 0.717) is 9.72 Å². The van der Waals surface area contributed by atoms with Gasteiger partial charge in [0.25, 0.3) is 0 Å². The van der Waals surface area contributed by atoms with Crippen molar-refractivity contribution >= 4 is 43.5 Å². The van der Waals surface area contributed by atoms with Crippen molar-refractivity contribution in [1.82, 2.24) is 9.71 Å². The van der Waals surface area contributed by atoms with Crippen LogP contribution < -0.4 is 16.0 Å². The molecule has 0 spiro atoms. The van der Waals surface area contributed by atoms with E-state index in [-0.39, 0.29) is 16.8 Å². The van der Waals surface area contributed by atoms with Crippen LogP contribution in [0.5, 0.6) is 0 Å². The first-order valence-corrected chi connectivity index (χ1v) is 9.71. The fourth-order valence-corrected chi connectivity index (χ4v) is 5.30. The van der Waals surface area contributed by atoms with E-state index in [2.05, 4.69) is 31.1 Å². The van der Waals surface area contributed by atoms with E-state index in [9.17, 15) is 8.42 Å². The van der Waals surface area contributed by atoms with Gasteiger partial charge in [0.05, 0.1) is 0 Å². The molecular formula is C11H17BrN4O2S2. The summed E-state index contributed by atoms with van der Waals surface area (Å²) in [7, 11) is -3.65. The average Bonchev–Trinajstić information content (AvgIpc) is 2.85. The number of aromatic nitrogens is 1.